The molecule has 7 nitrogen and oxygen atoms in total. The second kappa shape index (κ2) is 8.52. The minimum Gasteiger partial charge on any atom is -0.392 e. The van der Waals surface area contributed by atoms with Gasteiger partial charge in [0.2, 0.25) is 5.91 Å². The summed E-state index contributed by atoms with van der Waals surface area (Å²) in [5.41, 5.74) is 1.49. The molecule has 2 aliphatic heterocycles. The van der Waals surface area contributed by atoms with Crippen LogP contribution in [-0.2, 0) is 26.5 Å². The van der Waals surface area contributed by atoms with Gasteiger partial charge in [-0.1, -0.05) is 38.1 Å². The zero-order valence-corrected chi connectivity index (χ0v) is 22.4. The van der Waals surface area contributed by atoms with Crippen LogP contribution in [0.15, 0.2) is 24.3 Å². The fourth-order valence-electron chi connectivity index (χ4n) is 8.96. The number of benzene rings is 1. The van der Waals surface area contributed by atoms with Gasteiger partial charge in [0.1, 0.15) is 0 Å². The van der Waals surface area contributed by atoms with Crippen molar-refractivity contribution < 1.29 is 18.3 Å². The first-order chi connectivity index (χ1) is 17.1. The molecule has 4 fully saturated rings. The fraction of sp³-hybridized carbons (Fsp3) is 0.750. The highest BCUT2D eigenvalue weighted by Crippen LogP contribution is 2.66. The molecule has 2 heterocycles. The topological polar surface area (TPSA) is 108 Å². The quantitative estimate of drug-likeness (QED) is 0.475. The van der Waals surface area contributed by atoms with Crippen molar-refractivity contribution in [2.24, 2.45) is 16.7 Å². The molecule has 1 spiro atoms. The highest BCUT2D eigenvalue weighted by Gasteiger charge is 2.67. The zero-order chi connectivity index (χ0) is 25.3. The van der Waals surface area contributed by atoms with Crippen molar-refractivity contribution in [3.8, 4) is 0 Å². The SMILES string of the molecule is CC1(C)C2CCC1(CS(=O)(=O)C1Cc3ccccc3C13CCNCC3)C(NC(=O)[C@@H]1CC(O)CN1)C2. The van der Waals surface area contributed by atoms with E-state index in [0.29, 0.717) is 25.3 Å². The van der Waals surface area contributed by atoms with E-state index in [1.807, 2.05) is 6.07 Å². The lowest BCUT2D eigenvalue weighted by atomic mass is 9.69. The number of amides is 1. The van der Waals surface area contributed by atoms with Gasteiger partial charge in [-0.2, -0.15) is 0 Å². The summed E-state index contributed by atoms with van der Waals surface area (Å²) in [5, 5.41) is 19.3. The molecule has 1 aromatic rings. The van der Waals surface area contributed by atoms with Crippen LogP contribution in [0.4, 0.5) is 0 Å². The van der Waals surface area contributed by atoms with Gasteiger partial charge in [-0.25, -0.2) is 8.42 Å². The second-order valence-electron chi connectivity index (χ2n) is 12.8. The molecule has 5 aliphatic rings. The lowest BCUT2D eigenvalue weighted by molar-refractivity contribution is -0.124. The minimum absolute atomic E-state index is 0.0974. The van der Waals surface area contributed by atoms with E-state index in [4.69, 9.17) is 0 Å². The number of aliphatic hydroxyl groups excluding tert-OH is 1. The van der Waals surface area contributed by atoms with E-state index in [2.05, 4.69) is 48.0 Å². The normalized spacial score (nSPS) is 38.4. The van der Waals surface area contributed by atoms with Crippen molar-refractivity contribution in [3.63, 3.8) is 0 Å². The summed E-state index contributed by atoms with van der Waals surface area (Å²) >= 11 is 0. The molecule has 2 saturated carbocycles. The minimum atomic E-state index is -3.47. The smallest absolute Gasteiger partial charge is 0.237 e. The Morgan fingerprint density at radius 3 is 2.58 bits per heavy atom. The van der Waals surface area contributed by atoms with Crippen molar-refractivity contribution in [2.75, 3.05) is 25.4 Å². The standard InChI is InChI=1S/C28H41N3O4S/c1-26(2)19-7-8-28(26,23(14-19)31-25(33)22-15-20(32)16-30-22)17-36(34,35)24-13-18-5-3-4-6-21(18)27(24)9-11-29-12-10-27/h3-6,19-20,22-24,29-30,32H,7-17H2,1-2H3,(H,31,33)/t19?,20?,22-,23?,24?,28?/m0/s1. The summed E-state index contributed by atoms with van der Waals surface area (Å²) in [4.78, 5) is 13.1. The number of hydrogen-bond donors (Lipinski definition) is 4. The number of fused-ring (bicyclic) bond motifs is 4. The summed E-state index contributed by atoms with van der Waals surface area (Å²) in [6, 6.07) is 7.80. The van der Waals surface area contributed by atoms with Crippen molar-refractivity contribution in [1.29, 1.82) is 0 Å². The zero-order valence-electron chi connectivity index (χ0n) is 21.6. The lowest BCUT2D eigenvalue weighted by Gasteiger charge is -2.45. The summed E-state index contributed by atoms with van der Waals surface area (Å²) in [6.07, 6.45) is 4.90. The molecule has 4 N–H and O–H groups in total. The Bertz CT molecular complexity index is 1150. The molecule has 36 heavy (non-hydrogen) atoms. The molecule has 1 amide bonds. The highest BCUT2D eigenvalue weighted by molar-refractivity contribution is 7.92. The third kappa shape index (κ3) is 3.54. The predicted octanol–water partition coefficient (Wildman–Crippen LogP) is 1.68. The molecular formula is C28H41N3O4S. The third-order valence-electron chi connectivity index (χ3n) is 11.1. The van der Waals surface area contributed by atoms with Crippen molar-refractivity contribution >= 4 is 15.7 Å². The van der Waals surface area contributed by atoms with Crippen LogP contribution in [0.25, 0.3) is 0 Å². The molecule has 0 radical (unpaired) electrons. The molecular weight excluding hydrogens is 474 g/mol. The average molecular weight is 516 g/mol. The number of sulfone groups is 1. The molecule has 5 unspecified atom stereocenters. The lowest BCUT2D eigenvalue weighted by Crippen LogP contribution is -2.57. The van der Waals surface area contributed by atoms with Crippen LogP contribution in [0.1, 0.15) is 63.5 Å². The molecule has 0 aromatic heterocycles. The van der Waals surface area contributed by atoms with Gasteiger partial charge in [0.15, 0.2) is 9.84 Å². The molecule has 1 aromatic carbocycles. The third-order valence-corrected chi connectivity index (χ3v) is 13.5. The van der Waals surface area contributed by atoms with Crippen molar-refractivity contribution in [3.05, 3.63) is 35.4 Å². The molecule has 198 valence electrons. The van der Waals surface area contributed by atoms with E-state index in [9.17, 15) is 18.3 Å². The van der Waals surface area contributed by atoms with Crippen LogP contribution in [0.2, 0.25) is 0 Å². The van der Waals surface area contributed by atoms with E-state index in [-0.39, 0.29) is 28.5 Å². The molecule has 2 bridgehead atoms. The van der Waals surface area contributed by atoms with Crippen molar-refractivity contribution in [1.82, 2.24) is 16.0 Å². The highest BCUT2D eigenvalue weighted by atomic mass is 32.2. The van der Waals surface area contributed by atoms with Gasteiger partial charge >= 0.3 is 0 Å². The number of aliphatic hydroxyl groups is 1. The number of nitrogens with one attached hydrogen (secondary N) is 3. The van der Waals surface area contributed by atoms with Crippen LogP contribution in [-0.4, -0.2) is 68.3 Å². The van der Waals surface area contributed by atoms with E-state index in [1.54, 1.807) is 0 Å². The Morgan fingerprint density at radius 1 is 1.14 bits per heavy atom. The van der Waals surface area contributed by atoms with E-state index < -0.39 is 32.6 Å². The maximum absolute atomic E-state index is 14.6. The predicted molar refractivity (Wildman–Crippen MR) is 139 cm³/mol. The largest absolute Gasteiger partial charge is 0.392 e. The molecule has 6 atom stereocenters. The van der Waals surface area contributed by atoms with Crippen LogP contribution in [0.3, 0.4) is 0 Å². The molecule has 2 saturated heterocycles. The number of rotatable bonds is 5. The summed E-state index contributed by atoms with van der Waals surface area (Å²) in [7, 11) is -3.47. The van der Waals surface area contributed by atoms with Gasteiger partial charge in [-0.15, -0.1) is 0 Å². The number of piperidine rings is 1. The first-order valence-electron chi connectivity index (χ1n) is 13.8. The Hall–Kier alpha value is -1.48. The molecule has 6 rings (SSSR count). The van der Waals surface area contributed by atoms with E-state index >= 15 is 0 Å². The number of β-amino-alcohol motifs (C(OH)–C–C–N with tert-alkyl or cyclic N) is 1. The number of hydrogen-bond acceptors (Lipinski definition) is 6. The Balaban J connectivity index is 1.32. The fourth-order valence-corrected chi connectivity index (χ4v) is 12.1. The Labute approximate surface area is 215 Å². The van der Waals surface area contributed by atoms with Crippen LogP contribution in [0.5, 0.6) is 0 Å². The molecule has 3 aliphatic carbocycles. The molecule has 8 heteroatoms. The van der Waals surface area contributed by atoms with Gasteiger partial charge in [-0.3, -0.25) is 4.79 Å². The van der Waals surface area contributed by atoms with Gasteiger partial charge < -0.3 is 21.1 Å². The van der Waals surface area contributed by atoms with Crippen LogP contribution >= 0.6 is 0 Å². The van der Waals surface area contributed by atoms with E-state index in [1.165, 1.54) is 11.1 Å². The second-order valence-corrected chi connectivity index (χ2v) is 15.0. The Morgan fingerprint density at radius 2 is 1.89 bits per heavy atom. The monoisotopic (exact) mass is 515 g/mol. The Kier molecular flexibility index (Phi) is 5.87. The van der Waals surface area contributed by atoms with Gasteiger partial charge in [0.25, 0.3) is 0 Å². The maximum Gasteiger partial charge on any atom is 0.237 e. The summed E-state index contributed by atoms with van der Waals surface area (Å²) in [6.45, 7) is 6.58. The first kappa shape index (κ1) is 24.8. The van der Waals surface area contributed by atoms with Crippen LogP contribution < -0.4 is 16.0 Å². The maximum atomic E-state index is 14.6. The average Bonchev–Trinajstić information content (AvgIpc) is 3.53. The van der Waals surface area contributed by atoms with E-state index in [0.717, 1.165) is 45.2 Å². The van der Waals surface area contributed by atoms with Gasteiger partial charge in [0, 0.05) is 23.4 Å². The first-order valence-corrected chi connectivity index (χ1v) is 15.5. The van der Waals surface area contributed by atoms with Crippen LogP contribution in [0, 0.1) is 16.7 Å². The van der Waals surface area contributed by atoms with Gasteiger partial charge in [0.05, 0.1) is 23.1 Å². The van der Waals surface area contributed by atoms with Gasteiger partial charge in [-0.05, 0) is 80.5 Å². The number of carbonyl (C=O) groups is 1. The summed E-state index contributed by atoms with van der Waals surface area (Å²) in [5.74, 6) is 0.455. The summed E-state index contributed by atoms with van der Waals surface area (Å²) < 4.78 is 29.1. The van der Waals surface area contributed by atoms with Crippen molar-refractivity contribution in [2.45, 2.75) is 87.6 Å². The number of carbonyl (C=O) groups excluding carboxylic acids is 1.